The zero-order valence-electron chi connectivity index (χ0n) is 10.2. The highest BCUT2D eigenvalue weighted by molar-refractivity contribution is 4.69. The Labute approximate surface area is 94.1 Å². The van der Waals surface area contributed by atoms with Crippen molar-refractivity contribution in [2.24, 2.45) is 5.92 Å². The van der Waals surface area contributed by atoms with E-state index in [2.05, 4.69) is 6.92 Å². The Balaban J connectivity index is 1.64. The molecule has 0 unspecified atom stereocenters. The van der Waals surface area contributed by atoms with Crippen molar-refractivity contribution in [2.75, 3.05) is 26.2 Å². The summed E-state index contributed by atoms with van der Waals surface area (Å²) >= 11 is 0. The van der Waals surface area contributed by atoms with Crippen LogP contribution in [0.25, 0.3) is 0 Å². The third-order valence-electron chi connectivity index (χ3n) is 4.20. The van der Waals surface area contributed by atoms with E-state index in [1.807, 2.05) is 0 Å². The van der Waals surface area contributed by atoms with E-state index in [9.17, 15) is 0 Å². The molecular formula is C13H26NO+. The van der Waals surface area contributed by atoms with Crippen LogP contribution >= 0.6 is 0 Å². The molecule has 2 bridgehead atoms. The Bertz CT molecular complexity index is 171. The highest BCUT2D eigenvalue weighted by Crippen LogP contribution is 2.33. The number of hydrogen-bond acceptors (Lipinski definition) is 1. The van der Waals surface area contributed by atoms with Crippen LogP contribution in [0.3, 0.4) is 0 Å². The van der Waals surface area contributed by atoms with Gasteiger partial charge in [0.15, 0.2) is 0 Å². The van der Waals surface area contributed by atoms with Crippen LogP contribution in [0.1, 0.15) is 51.9 Å². The van der Waals surface area contributed by atoms with E-state index in [0.29, 0.717) is 0 Å². The lowest BCUT2D eigenvalue weighted by atomic mass is 9.88. The summed E-state index contributed by atoms with van der Waals surface area (Å²) in [5, 5.41) is 0. The maximum absolute atomic E-state index is 6.14. The van der Waals surface area contributed by atoms with Gasteiger partial charge in [0.05, 0.1) is 0 Å². The van der Waals surface area contributed by atoms with Crippen LogP contribution in [0.2, 0.25) is 0 Å². The highest BCUT2D eigenvalue weighted by atomic mass is 16.7. The second-order valence-corrected chi connectivity index (χ2v) is 5.35. The molecule has 3 rings (SSSR count). The van der Waals surface area contributed by atoms with E-state index in [-0.39, 0.29) is 0 Å². The number of unbranched alkanes of at least 4 members (excludes halogenated alkanes) is 3. The Hall–Kier alpha value is -0.0800. The molecule has 0 aromatic heterocycles. The number of fused-ring (bicyclic) bond motifs is 3. The highest BCUT2D eigenvalue weighted by Gasteiger charge is 2.41. The molecule has 0 aromatic rings. The summed E-state index contributed by atoms with van der Waals surface area (Å²) < 4.78 is 1.00. The molecule has 3 fully saturated rings. The first-order chi connectivity index (χ1) is 7.35. The summed E-state index contributed by atoms with van der Waals surface area (Å²) in [6.07, 6.45) is 9.53. The van der Waals surface area contributed by atoms with Gasteiger partial charge in [0.1, 0.15) is 26.2 Å². The zero-order valence-corrected chi connectivity index (χ0v) is 10.2. The Kier molecular flexibility index (Phi) is 4.04. The van der Waals surface area contributed by atoms with Gasteiger partial charge in [-0.1, -0.05) is 26.2 Å². The predicted molar refractivity (Wildman–Crippen MR) is 62.3 cm³/mol. The van der Waals surface area contributed by atoms with Gasteiger partial charge < -0.3 is 0 Å². The number of hydroxylamine groups is 3. The van der Waals surface area contributed by atoms with E-state index < -0.39 is 0 Å². The monoisotopic (exact) mass is 212 g/mol. The average molecular weight is 212 g/mol. The number of piperidine rings is 3. The van der Waals surface area contributed by atoms with Crippen molar-refractivity contribution in [1.29, 1.82) is 0 Å². The fourth-order valence-electron chi connectivity index (χ4n) is 3.00. The minimum atomic E-state index is 0.991. The molecule has 0 radical (unpaired) electrons. The van der Waals surface area contributed by atoms with Crippen LogP contribution in [-0.2, 0) is 4.84 Å². The fourth-order valence-corrected chi connectivity index (χ4v) is 3.00. The molecule has 0 aromatic carbocycles. The largest absolute Gasteiger partial charge is 0.203 e. The minimum Gasteiger partial charge on any atom is -0.203 e. The van der Waals surface area contributed by atoms with Crippen molar-refractivity contribution in [3.05, 3.63) is 0 Å². The normalized spacial score (nSPS) is 34.6. The first-order valence-electron chi connectivity index (χ1n) is 6.85. The van der Waals surface area contributed by atoms with Gasteiger partial charge in [0, 0.05) is 19.3 Å². The average Bonchev–Trinajstić information content (AvgIpc) is 2.31. The van der Waals surface area contributed by atoms with Gasteiger partial charge >= 0.3 is 0 Å². The standard InChI is InChI=1S/C13H26NO/c1-2-3-4-5-12-15-14-9-6-13(7-10-14)8-11-14/h13H,2-12H2,1H3/q+1. The van der Waals surface area contributed by atoms with Gasteiger partial charge in [-0.15, -0.1) is 0 Å². The molecule has 0 amide bonds. The minimum absolute atomic E-state index is 0.991. The molecule has 2 nitrogen and oxygen atoms in total. The fraction of sp³-hybridized carbons (Fsp3) is 1.00. The summed E-state index contributed by atoms with van der Waals surface area (Å²) in [7, 11) is 0. The lowest BCUT2D eigenvalue weighted by Gasteiger charge is -2.46. The summed E-state index contributed by atoms with van der Waals surface area (Å²) in [4.78, 5) is 6.14. The molecular weight excluding hydrogens is 186 g/mol. The van der Waals surface area contributed by atoms with Crippen molar-refractivity contribution < 1.29 is 9.48 Å². The van der Waals surface area contributed by atoms with Crippen LogP contribution in [0, 0.1) is 5.92 Å². The van der Waals surface area contributed by atoms with E-state index in [1.54, 1.807) is 0 Å². The molecule has 0 N–H and O–H groups in total. The van der Waals surface area contributed by atoms with E-state index >= 15 is 0 Å². The van der Waals surface area contributed by atoms with Gasteiger partial charge in [-0.25, -0.2) is 4.84 Å². The predicted octanol–water partition coefficient (Wildman–Crippen LogP) is 3.13. The van der Waals surface area contributed by atoms with Crippen LogP contribution in [0.4, 0.5) is 0 Å². The SMILES string of the molecule is CCCCCCO[N+]12CCC(CC1)CC2. The van der Waals surface area contributed by atoms with Crippen LogP contribution < -0.4 is 0 Å². The summed E-state index contributed by atoms with van der Waals surface area (Å²) in [6, 6.07) is 0. The molecule has 3 aliphatic heterocycles. The first-order valence-corrected chi connectivity index (χ1v) is 6.85. The van der Waals surface area contributed by atoms with Crippen molar-refractivity contribution >= 4 is 0 Å². The van der Waals surface area contributed by atoms with Crippen LogP contribution in [0.5, 0.6) is 0 Å². The van der Waals surface area contributed by atoms with Crippen molar-refractivity contribution in [3.8, 4) is 0 Å². The number of quaternary nitrogens is 1. The van der Waals surface area contributed by atoms with E-state index in [1.165, 1.54) is 64.6 Å². The number of rotatable bonds is 6. The van der Waals surface area contributed by atoms with Gasteiger partial charge in [-0.3, -0.25) is 0 Å². The topological polar surface area (TPSA) is 9.23 Å². The molecule has 0 aliphatic carbocycles. The van der Waals surface area contributed by atoms with Crippen molar-refractivity contribution in [3.63, 3.8) is 0 Å². The van der Waals surface area contributed by atoms with Gasteiger partial charge in [0.2, 0.25) is 0 Å². The molecule has 2 heteroatoms. The van der Waals surface area contributed by atoms with Gasteiger partial charge in [-0.2, -0.15) is 4.65 Å². The lowest BCUT2D eigenvalue weighted by Crippen LogP contribution is -2.57. The Morgan fingerprint density at radius 3 is 2.27 bits per heavy atom. The molecule has 15 heavy (non-hydrogen) atoms. The molecule has 0 spiro atoms. The second-order valence-electron chi connectivity index (χ2n) is 5.35. The third kappa shape index (κ3) is 2.94. The number of hydrogen-bond donors (Lipinski definition) is 0. The van der Waals surface area contributed by atoms with Crippen LogP contribution in [-0.4, -0.2) is 30.9 Å². The van der Waals surface area contributed by atoms with Crippen molar-refractivity contribution in [1.82, 2.24) is 0 Å². The van der Waals surface area contributed by atoms with Gasteiger partial charge in [-0.05, 0) is 12.3 Å². The molecule has 3 heterocycles. The smallest absolute Gasteiger partial charge is 0.109 e. The summed E-state index contributed by atoms with van der Waals surface area (Å²) in [5.74, 6) is 1.04. The van der Waals surface area contributed by atoms with Gasteiger partial charge in [0.25, 0.3) is 0 Å². The summed E-state index contributed by atoms with van der Waals surface area (Å²) in [5.41, 5.74) is 0. The molecule has 3 aliphatic rings. The molecule has 0 atom stereocenters. The number of nitrogens with zero attached hydrogens (tertiary/aromatic N) is 1. The maximum Gasteiger partial charge on any atom is 0.109 e. The third-order valence-corrected chi connectivity index (χ3v) is 4.20. The summed E-state index contributed by atoms with van der Waals surface area (Å²) in [6.45, 7) is 7.12. The molecule has 3 saturated heterocycles. The molecule has 88 valence electrons. The van der Waals surface area contributed by atoms with Crippen LogP contribution in [0.15, 0.2) is 0 Å². The Morgan fingerprint density at radius 1 is 1.00 bits per heavy atom. The van der Waals surface area contributed by atoms with E-state index in [0.717, 1.165) is 17.2 Å². The van der Waals surface area contributed by atoms with Crippen molar-refractivity contribution in [2.45, 2.75) is 51.9 Å². The first kappa shape index (κ1) is 11.4. The van der Waals surface area contributed by atoms with E-state index in [4.69, 9.17) is 4.84 Å². The Morgan fingerprint density at radius 2 is 1.67 bits per heavy atom. The zero-order chi connectivity index (χ0) is 10.6. The molecule has 0 saturated carbocycles. The quantitative estimate of drug-likeness (QED) is 0.485. The second kappa shape index (κ2) is 5.31. The lowest BCUT2D eigenvalue weighted by molar-refractivity contribution is -1.11. The maximum atomic E-state index is 6.14.